The average Bonchev–Trinajstić information content (AvgIpc) is 3.32. The summed E-state index contributed by atoms with van der Waals surface area (Å²) >= 11 is 5.92. The summed E-state index contributed by atoms with van der Waals surface area (Å²) in [6, 6.07) is 20.8. The predicted molar refractivity (Wildman–Crippen MR) is 98.4 cm³/mol. The number of hydrogen-bond acceptors (Lipinski definition) is 4. The van der Waals surface area contributed by atoms with Gasteiger partial charge in [-0.15, -0.1) is 0 Å². The van der Waals surface area contributed by atoms with Crippen molar-refractivity contribution in [2.45, 2.75) is 6.54 Å². The third kappa shape index (κ3) is 3.23. The van der Waals surface area contributed by atoms with Crippen LogP contribution in [0.25, 0.3) is 23.0 Å². The predicted octanol–water partition coefficient (Wildman–Crippen LogP) is 4.78. The fraction of sp³-hybridized carbons (Fsp3) is 0.0500. The van der Waals surface area contributed by atoms with Crippen LogP contribution in [-0.2, 0) is 6.54 Å². The summed E-state index contributed by atoms with van der Waals surface area (Å²) in [6.07, 6.45) is 1.96. The first-order chi connectivity index (χ1) is 12.7. The smallest absolute Gasteiger partial charge is 0.274 e. The Bertz CT molecular complexity index is 1070. The molecule has 0 bridgehead atoms. The van der Waals surface area contributed by atoms with Gasteiger partial charge in [0.05, 0.1) is 11.6 Å². The molecule has 2 heterocycles. The van der Waals surface area contributed by atoms with Gasteiger partial charge >= 0.3 is 0 Å². The monoisotopic (exact) mass is 360 g/mol. The Labute approximate surface area is 155 Å². The van der Waals surface area contributed by atoms with Crippen molar-refractivity contribution in [1.29, 1.82) is 5.26 Å². The Hall–Kier alpha value is -3.36. The highest BCUT2D eigenvalue weighted by Gasteiger charge is 2.14. The normalized spacial score (nSPS) is 10.6. The second-order valence-electron chi connectivity index (χ2n) is 5.76. The summed E-state index contributed by atoms with van der Waals surface area (Å²) in [5.41, 5.74) is 3.40. The van der Waals surface area contributed by atoms with E-state index in [4.69, 9.17) is 21.4 Å². The van der Waals surface area contributed by atoms with Gasteiger partial charge in [-0.1, -0.05) is 28.9 Å². The number of rotatable bonds is 4. The summed E-state index contributed by atoms with van der Waals surface area (Å²) in [4.78, 5) is 4.50. The lowest BCUT2D eigenvalue weighted by Gasteiger charge is -2.06. The molecule has 4 aromatic rings. The molecule has 2 aromatic heterocycles. The highest BCUT2D eigenvalue weighted by molar-refractivity contribution is 6.30. The summed E-state index contributed by atoms with van der Waals surface area (Å²) in [7, 11) is 0. The molecule has 2 aromatic carbocycles. The molecule has 0 aliphatic carbocycles. The van der Waals surface area contributed by atoms with Crippen LogP contribution in [0, 0.1) is 11.3 Å². The van der Waals surface area contributed by atoms with E-state index in [0.29, 0.717) is 28.8 Å². The molecule has 0 fully saturated rings. The van der Waals surface area contributed by atoms with Gasteiger partial charge < -0.3 is 9.09 Å². The van der Waals surface area contributed by atoms with E-state index in [9.17, 15) is 0 Å². The summed E-state index contributed by atoms with van der Waals surface area (Å²) in [6.45, 7) is 0.646. The third-order valence-corrected chi connectivity index (χ3v) is 4.27. The molecule has 0 radical (unpaired) electrons. The van der Waals surface area contributed by atoms with Gasteiger partial charge in [-0.2, -0.15) is 10.2 Å². The number of nitrogens with zero attached hydrogens (tertiary/aromatic N) is 4. The van der Waals surface area contributed by atoms with Gasteiger partial charge in [0.1, 0.15) is 5.69 Å². The van der Waals surface area contributed by atoms with Crippen molar-refractivity contribution in [3.8, 4) is 29.0 Å². The molecule has 5 nitrogen and oxygen atoms in total. The molecular formula is C20H13ClN4O. The van der Waals surface area contributed by atoms with Gasteiger partial charge in [0.15, 0.2) is 0 Å². The fourth-order valence-corrected chi connectivity index (χ4v) is 2.80. The molecule has 0 aliphatic heterocycles. The Morgan fingerprint density at radius 1 is 1.04 bits per heavy atom. The second kappa shape index (κ2) is 6.87. The average molecular weight is 361 g/mol. The first-order valence-electron chi connectivity index (χ1n) is 7.97. The summed E-state index contributed by atoms with van der Waals surface area (Å²) in [5.74, 6) is 0.969. The number of nitriles is 1. The Morgan fingerprint density at radius 3 is 2.54 bits per heavy atom. The van der Waals surface area contributed by atoms with E-state index in [1.165, 1.54) is 0 Å². The zero-order valence-corrected chi connectivity index (χ0v) is 14.4. The van der Waals surface area contributed by atoms with Crippen LogP contribution in [0.2, 0.25) is 5.02 Å². The molecule has 0 spiro atoms. The first kappa shape index (κ1) is 16.1. The molecule has 0 unspecified atom stereocenters. The van der Waals surface area contributed by atoms with Crippen molar-refractivity contribution in [2.75, 3.05) is 0 Å². The minimum atomic E-state index is 0.452. The lowest BCUT2D eigenvalue weighted by atomic mass is 10.1. The van der Waals surface area contributed by atoms with Crippen LogP contribution in [0.15, 0.2) is 71.4 Å². The van der Waals surface area contributed by atoms with Crippen molar-refractivity contribution in [3.05, 3.63) is 83.0 Å². The van der Waals surface area contributed by atoms with Crippen molar-refractivity contribution >= 4 is 11.6 Å². The molecule has 0 N–H and O–H groups in total. The van der Waals surface area contributed by atoms with E-state index in [-0.39, 0.29) is 0 Å². The molecule has 6 heteroatoms. The van der Waals surface area contributed by atoms with E-state index in [1.54, 1.807) is 12.1 Å². The summed E-state index contributed by atoms with van der Waals surface area (Å²) in [5, 5.41) is 13.6. The Morgan fingerprint density at radius 2 is 1.81 bits per heavy atom. The quantitative estimate of drug-likeness (QED) is 0.525. The highest BCUT2D eigenvalue weighted by Crippen LogP contribution is 2.24. The van der Waals surface area contributed by atoms with Crippen molar-refractivity contribution in [1.82, 2.24) is 14.7 Å². The van der Waals surface area contributed by atoms with E-state index < -0.39 is 0 Å². The molecular weight excluding hydrogens is 348 g/mol. The molecule has 0 saturated heterocycles. The number of benzene rings is 2. The van der Waals surface area contributed by atoms with Crippen LogP contribution in [-0.4, -0.2) is 14.7 Å². The summed E-state index contributed by atoms with van der Waals surface area (Å²) < 4.78 is 7.48. The van der Waals surface area contributed by atoms with Crippen molar-refractivity contribution in [3.63, 3.8) is 0 Å². The molecule has 26 heavy (non-hydrogen) atoms. The largest absolute Gasteiger partial charge is 0.339 e. The zero-order valence-electron chi connectivity index (χ0n) is 13.6. The van der Waals surface area contributed by atoms with Gasteiger partial charge in [-0.05, 0) is 54.1 Å². The Kier molecular flexibility index (Phi) is 4.26. The van der Waals surface area contributed by atoms with Crippen molar-refractivity contribution < 1.29 is 4.52 Å². The van der Waals surface area contributed by atoms with Crippen LogP contribution in [0.4, 0.5) is 0 Å². The van der Waals surface area contributed by atoms with Crippen molar-refractivity contribution in [2.24, 2.45) is 0 Å². The van der Waals surface area contributed by atoms with E-state index in [2.05, 4.69) is 16.2 Å². The van der Waals surface area contributed by atoms with Gasteiger partial charge in [0.25, 0.3) is 5.89 Å². The van der Waals surface area contributed by atoms with Gasteiger partial charge in [-0.25, -0.2) is 0 Å². The van der Waals surface area contributed by atoms with E-state index >= 15 is 0 Å². The van der Waals surface area contributed by atoms with Crippen LogP contribution in [0.5, 0.6) is 0 Å². The maximum Gasteiger partial charge on any atom is 0.274 e. The minimum Gasteiger partial charge on any atom is -0.339 e. The van der Waals surface area contributed by atoms with Crippen LogP contribution in [0.1, 0.15) is 11.1 Å². The standard InChI is InChI=1S/C20H13ClN4O/c21-17-9-7-16(8-10-17)19-23-20(26-24-19)18-2-1-11-25(18)13-15-5-3-14(12-22)4-6-15/h1-11H,13H2. The lowest BCUT2D eigenvalue weighted by Crippen LogP contribution is -2.00. The van der Waals surface area contributed by atoms with E-state index in [1.807, 2.05) is 59.3 Å². The molecule has 0 atom stereocenters. The molecule has 0 amide bonds. The van der Waals surface area contributed by atoms with Crippen LogP contribution in [0.3, 0.4) is 0 Å². The number of halogens is 1. The fourth-order valence-electron chi connectivity index (χ4n) is 2.67. The lowest BCUT2D eigenvalue weighted by molar-refractivity contribution is 0.429. The Balaban J connectivity index is 1.60. The molecule has 0 aliphatic rings. The minimum absolute atomic E-state index is 0.452. The molecule has 0 saturated carbocycles. The maximum atomic E-state index is 8.90. The third-order valence-electron chi connectivity index (χ3n) is 4.01. The second-order valence-corrected chi connectivity index (χ2v) is 6.20. The SMILES string of the molecule is N#Cc1ccc(Cn2cccc2-c2nc(-c3ccc(Cl)cc3)no2)cc1. The van der Waals surface area contributed by atoms with Gasteiger partial charge in [0, 0.05) is 23.3 Å². The topological polar surface area (TPSA) is 67.6 Å². The zero-order chi connectivity index (χ0) is 17.9. The van der Waals surface area contributed by atoms with Crippen LogP contribution >= 0.6 is 11.6 Å². The number of hydrogen-bond donors (Lipinski definition) is 0. The van der Waals surface area contributed by atoms with Gasteiger partial charge in [-0.3, -0.25) is 0 Å². The maximum absolute atomic E-state index is 8.90. The van der Waals surface area contributed by atoms with Crippen LogP contribution < -0.4 is 0 Å². The van der Waals surface area contributed by atoms with E-state index in [0.717, 1.165) is 16.8 Å². The number of aromatic nitrogens is 3. The van der Waals surface area contributed by atoms with Gasteiger partial charge in [0.2, 0.25) is 5.82 Å². The first-order valence-corrected chi connectivity index (χ1v) is 8.35. The highest BCUT2D eigenvalue weighted by atomic mass is 35.5. The molecule has 126 valence electrons. The molecule has 4 rings (SSSR count).